The Morgan fingerprint density at radius 1 is 1.29 bits per heavy atom. The van der Waals surface area contributed by atoms with Crippen molar-refractivity contribution < 1.29 is 14.7 Å². The van der Waals surface area contributed by atoms with Crippen LogP contribution >= 0.6 is 0 Å². The fraction of sp³-hybridized carbons (Fsp3) is 0.692. The van der Waals surface area contributed by atoms with E-state index >= 15 is 0 Å². The lowest BCUT2D eigenvalue weighted by atomic mass is 9.82. The Balaban J connectivity index is 2.01. The van der Waals surface area contributed by atoms with Crippen LogP contribution in [0, 0.1) is 23.7 Å². The molecule has 4 heteroatoms. The summed E-state index contributed by atoms with van der Waals surface area (Å²) in [6.45, 7) is 2.71. The molecule has 0 heterocycles. The summed E-state index contributed by atoms with van der Waals surface area (Å²) in [7, 11) is 0. The molecule has 2 aliphatic carbocycles. The molecule has 0 aromatic carbocycles. The first-order valence-corrected chi connectivity index (χ1v) is 6.34. The van der Waals surface area contributed by atoms with E-state index in [4.69, 9.17) is 0 Å². The largest absolute Gasteiger partial charge is 0.481 e. The number of amides is 1. The maximum atomic E-state index is 12.0. The standard InChI is InChI=1S/C13H19NO3/c1-2-3-6-14-12(15)10-8-4-5-9(7-8)11(10)13(16)17/h4-5,8-11H,2-3,6-7H2,1H3,(H,14,15)(H,16,17)/t8-,9+,10+,11+/m1/s1. The van der Waals surface area contributed by atoms with Gasteiger partial charge in [0.2, 0.25) is 5.91 Å². The third-order valence-electron chi connectivity index (χ3n) is 3.88. The first-order valence-electron chi connectivity index (χ1n) is 6.34. The van der Waals surface area contributed by atoms with Crippen molar-refractivity contribution in [3.05, 3.63) is 12.2 Å². The number of aliphatic carboxylic acids is 1. The fourth-order valence-electron chi connectivity index (χ4n) is 3.02. The number of hydrogen-bond acceptors (Lipinski definition) is 2. The van der Waals surface area contributed by atoms with Gasteiger partial charge in [0.1, 0.15) is 0 Å². The monoisotopic (exact) mass is 237 g/mol. The fourth-order valence-corrected chi connectivity index (χ4v) is 3.02. The summed E-state index contributed by atoms with van der Waals surface area (Å²) >= 11 is 0. The van der Waals surface area contributed by atoms with Crippen LogP contribution in [-0.4, -0.2) is 23.5 Å². The normalized spacial score (nSPS) is 33.9. The molecule has 4 nitrogen and oxygen atoms in total. The number of rotatable bonds is 5. The molecule has 0 spiro atoms. The minimum atomic E-state index is -0.836. The Hall–Kier alpha value is -1.32. The zero-order valence-corrected chi connectivity index (χ0v) is 10.1. The summed E-state index contributed by atoms with van der Waals surface area (Å²) in [6, 6.07) is 0. The highest BCUT2D eigenvalue weighted by Crippen LogP contribution is 2.48. The highest BCUT2D eigenvalue weighted by Gasteiger charge is 2.51. The minimum absolute atomic E-state index is 0.0550. The van der Waals surface area contributed by atoms with E-state index in [-0.39, 0.29) is 23.7 Å². The molecule has 0 radical (unpaired) electrons. The number of allylic oxidation sites excluding steroid dienone is 2. The van der Waals surface area contributed by atoms with Crippen molar-refractivity contribution in [2.45, 2.75) is 26.2 Å². The number of fused-ring (bicyclic) bond motifs is 2. The van der Waals surface area contributed by atoms with E-state index in [1.807, 2.05) is 12.2 Å². The SMILES string of the molecule is CCCCNC(=O)[C@@H]1[C@@H](C(=O)O)[C@H]2C=C[C@@H]1C2. The van der Waals surface area contributed by atoms with Crippen molar-refractivity contribution in [1.29, 1.82) is 0 Å². The maximum Gasteiger partial charge on any atom is 0.307 e. The summed E-state index contributed by atoms with van der Waals surface area (Å²) in [5.74, 6) is -1.62. The zero-order chi connectivity index (χ0) is 12.4. The van der Waals surface area contributed by atoms with Gasteiger partial charge >= 0.3 is 5.97 Å². The first kappa shape index (κ1) is 12.1. The Labute approximate surface area is 101 Å². The third kappa shape index (κ3) is 2.21. The zero-order valence-electron chi connectivity index (χ0n) is 10.1. The number of carboxylic acids is 1. The Morgan fingerprint density at radius 2 is 1.94 bits per heavy atom. The summed E-state index contributed by atoms with van der Waals surface area (Å²) < 4.78 is 0. The number of nitrogens with one attached hydrogen (secondary N) is 1. The summed E-state index contributed by atoms with van der Waals surface area (Å²) in [5.41, 5.74) is 0. The van der Waals surface area contributed by atoms with Gasteiger partial charge in [0.05, 0.1) is 11.8 Å². The van der Waals surface area contributed by atoms with E-state index < -0.39 is 11.9 Å². The van der Waals surface area contributed by atoms with Crippen LogP contribution in [0.3, 0.4) is 0 Å². The molecule has 1 amide bonds. The van der Waals surface area contributed by atoms with Crippen LogP contribution in [0.2, 0.25) is 0 Å². The van der Waals surface area contributed by atoms with Gasteiger partial charge in [-0.1, -0.05) is 25.5 Å². The number of unbranched alkanes of at least 4 members (excludes halogenated alkanes) is 1. The molecule has 0 aromatic heterocycles. The van der Waals surface area contributed by atoms with Gasteiger partial charge in [-0.05, 0) is 24.7 Å². The number of carbonyl (C=O) groups is 2. The molecule has 2 N–H and O–H groups in total. The lowest BCUT2D eigenvalue weighted by molar-refractivity contribution is -0.147. The molecule has 4 atom stereocenters. The van der Waals surface area contributed by atoms with Gasteiger partial charge < -0.3 is 10.4 Å². The molecule has 94 valence electrons. The van der Waals surface area contributed by atoms with Crippen LogP contribution in [0.15, 0.2) is 12.2 Å². The van der Waals surface area contributed by atoms with Crippen LogP contribution in [0.5, 0.6) is 0 Å². The molecule has 0 unspecified atom stereocenters. The van der Waals surface area contributed by atoms with Gasteiger partial charge in [-0.2, -0.15) is 0 Å². The maximum absolute atomic E-state index is 12.0. The second-order valence-electron chi connectivity index (χ2n) is 4.98. The molecule has 2 aliphatic rings. The van der Waals surface area contributed by atoms with E-state index in [0.717, 1.165) is 19.3 Å². The van der Waals surface area contributed by atoms with Gasteiger partial charge in [0, 0.05) is 6.54 Å². The lowest BCUT2D eigenvalue weighted by Crippen LogP contribution is -2.40. The van der Waals surface area contributed by atoms with Crippen molar-refractivity contribution >= 4 is 11.9 Å². The van der Waals surface area contributed by atoms with Crippen molar-refractivity contribution in [2.24, 2.45) is 23.7 Å². The molecular weight excluding hydrogens is 218 g/mol. The van der Waals surface area contributed by atoms with Crippen LogP contribution in [0.25, 0.3) is 0 Å². The minimum Gasteiger partial charge on any atom is -0.481 e. The summed E-state index contributed by atoms with van der Waals surface area (Å²) in [5, 5.41) is 12.1. The smallest absolute Gasteiger partial charge is 0.307 e. The molecule has 1 fully saturated rings. The topological polar surface area (TPSA) is 66.4 Å². The van der Waals surface area contributed by atoms with Crippen molar-refractivity contribution in [3.8, 4) is 0 Å². The third-order valence-corrected chi connectivity index (χ3v) is 3.88. The molecular formula is C13H19NO3. The molecule has 0 saturated heterocycles. The van der Waals surface area contributed by atoms with Gasteiger partial charge in [-0.15, -0.1) is 0 Å². The molecule has 1 saturated carbocycles. The van der Waals surface area contributed by atoms with E-state index in [1.165, 1.54) is 0 Å². The highest BCUT2D eigenvalue weighted by atomic mass is 16.4. The molecule has 2 rings (SSSR count). The predicted molar refractivity (Wildman–Crippen MR) is 63.3 cm³/mol. The predicted octanol–water partition coefficient (Wildman–Crippen LogP) is 1.43. The quantitative estimate of drug-likeness (QED) is 0.561. The molecule has 0 aromatic rings. The number of hydrogen-bond donors (Lipinski definition) is 2. The van der Waals surface area contributed by atoms with Crippen molar-refractivity contribution in [2.75, 3.05) is 6.54 Å². The number of carboxylic acid groups (broad SMARTS) is 1. The average Bonchev–Trinajstić information content (AvgIpc) is 2.88. The van der Waals surface area contributed by atoms with E-state index in [2.05, 4.69) is 12.2 Å². The van der Waals surface area contributed by atoms with Crippen molar-refractivity contribution in [3.63, 3.8) is 0 Å². The van der Waals surface area contributed by atoms with Crippen LogP contribution in [0.4, 0.5) is 0 Å². The van der Waals surface area contributed by atoms with Gasteiger partial charge in [0.25, 0.3) is 0 Å². The van der Waals surface area contributed by atoms with Crippen LogP contribution < -0.4 is 5.32 Å². The second kappa shape index (κ2) is 4.90. The Morgan fingerprint density at radius 3 is 2.53 bits per heavy atom. The van der Waals surface area contributed by atoms with Crippen LogP contribution in [0.1, 0.15) is 26.2 Å². The van der Waals surface area contributed by atoms with E-state index in [1.54, 1.807) is 0 Å². The van der Waals surface area contributed by atoms with Gasteiger partial charge in [0.15, 0.2) is 0 Å². The van der Waals surface area contributed by atoms with E-state index in [0.29, 0.717) is 6.54 Å². The molecule has 0 aliphatic heterocycles. The summed E-state index contributed by atoms with van der Waals surface area (Å²) in [6.07, 6.45) is 6.76. The highest BCUT2D eigenvalue weighted by molar-refractivity contribution is 5.86. The lowest BCUT2D eigenvalue weighted by Gasteiger charge is -2.23. The van der Waals surface area contributed by atoms with Gasteiger partial charge in [-0.25, -0.2) is 0 Å². The summed E-state index contributed by atoms with van der Waals surface area (Å²) in [4.78, 5) is 23.2. The Kier molecular flexibility index (Phi) is 3.50. The van der Waals surface area contributed by atoms with Crippen molar-refractivity contribution in [1.82, 2.24) is 5.32 Å². The average molecular weight is 237 g/mol. The van der Waals surface area contributed by atoms with Gasteiger partial charge in [-0.3, -0.25) is 9.59 Å². The number of carbonyl (C=O) groups excluding carboxylic acids is 1. The van der Waals surface area contributed by atoms with E-state index in [9.17, 15) is 14.7 Å². The van der Waals surface area contributed by atoms with Crippen LogP contribution in [-0.2, 0) is 9.59 Å². The first-order chi connectivity index (χ1) is 8.15. The second-order valence-corrected chi connectivity index (χ2v) is 4.98. The Bertz CT molecular complexity index is 351. The molecule has 17 heavy (non-hydrogen) atoms. The molecule has 2 bridgehead atoms.